The number of nitrogens with one attached hydrogen (secondary N) is 1. The third kappa shape index (κ3) is 2.93. The van der Waals surface area contributed by atoms with Crippen molar-refractivity contribution in [2.75, 3.05) is 31.6 Å². The number of oxime groups is 1. The highest BCUT2D eigenvalue weighted by molar-refractivity contribution is 7.12. The second-order valence-corrected chi connectivity index (χ2v) is 8.65. The first-order valence-corrected chi connectivity index (χ1v) is 10.8. The number of benzene rings is 1. The van der Waals surface area contributed by atoms with Gasteiger partial charge in [0.25, 0.3) is 5.56 Å². The van der Waals surface area contributed by atoms with Crippen LogP contribution in [-0.4, -0.2) is 41.4 Å². The SMILES string of the molecule is CON=C1CCN(c2cc3c(cc2F)c(=O)c2c(=O)[nH]sc2n3C2CC2)CC1CN. The molecule has 8 nitrogen and oxygen atoms in total. The maximum atomic E-state index is 15.2. The maximum absolute atomic E-state index is 15.2. The summed E-state index contributed by atoms with van der Waals surface area (Å²) >= 11 is 1.17. The molecule has 1 saturated carbocycles. The molecule has 1 aromatic carbocycles. The lowest BCUT2D eigenvalue weighted by Gasteiger charge is -2.35. The molecule has 2 aromatic heterocycles. The molecular weight excluding hydrogens is 409 g/mol. The van der Waals surface area contributed by atoms with Crippen LogP contribution in [0.3, 0.4) is 0 Å². The van der Waals surface area contributed by atoms with E-state index in [1.54, 1.807) is 6.07 Å². The van der Waals surface area contributed by atoms with Crippen molar-refractivity contribution in [1.82, 2.24) is 8.94 Å². The van der Waals surface area contributed by atoms with E-state index in [1.165, 1.54) is 24.7 Å². The van der Waals surface area contributed by atoms with E-state index in [0.29, 0.717) is 42.1 Å². The molecule has 1 unspecified atom stereocenters. The number of rotatable bonds is 4. The van der Waals surface area contributed by atoms with Crippen molar-refractivity contribution in [3.8, 4) is 0 Å². The summed E-state index contributed by atoms with van der Waals surface area (Å²) in [4.78, 5) is 32.7. The third-order valence-corrected chi connectivity index (χ3v) is 6.87. The Hall–Kier alpha value is -2.72. The van der Waals surface area contributed by atoms with E-state index in [2.05, 4.69) is 9.53 Å². The molecule has 2 aliphatic rings. The molecule has 3 heterocycles. The van der Waals surface area contributed by atoms with Gasteiger partial charge in [-0.2, -0.15) is 0 Å². The molecule has 1 atom stereocenters. The number of aromatic nitrogens is 2. The lowest BCUT2D eigenvalue weighted by atomic mass is 9.95. The summed E-state index contributed by atoms with van der Waals surface area (Å²) in [5.74, 6) is -0.507. The maximum Gasteiger partial charge on any atom is 0.271 e. The van der Waals surface area contributed by atoms with Crippen molar-refractivity contribution < 1.29 is 9.23 Å². The molecule has 0 spiro atoms. The zero-order valence-corrected chi connectivity index (χ0v) is 17.3. The largest absolute Gasteiger partial charge is 0.399 e. The first kappa shape index (κ1) is 19.3. The molecule has 158 valence electrons. The molecule has 0 bridgehead atoms. The zero-order valence-electron chi connectivity index (χ0n) is 16.5. The van der Waals surface area contributed by atoms with Crippen LogP contribution in [0.1, 0.15) is 25.3 Å². The van der Waals surface area contributed by atoms with Crippen molar-refractivity contribution in [2.45, 2.75) is 25.3 Å². The molecule has 1 saturated heterocycles. The molecule has 5 rings (SSSR count). The van der Waals surface area contributed by atoms with Crippen LogP contribution < -0.4 is 21.6 Å². The van der Waals surface area contributed by atoms with Gasteiger partial charge in [0.2, 0.25) is 5.43 Å². The molecule has 2 fully saturated rings. The Kier molecular flexibility index (Phi) is 4.62. The number of H-pyrrole nitrogens is 1. The predicted molar refractivity (Wildman–Crippen MR) is 116 cm³/mol. The number of fused-ring (bicyclic) bond motifs is 2. The highest BCUT2D eigenvalue weighted by atomic mass is 32.1. The summed E-state index contributed by atoms with van der Waals surface area (Å²) in [6.45, 7) is 1.49. The fraction of sp³-hybridized carbons (Fsp3) is 0.450. The Morgan fingerprint density at radius 3 is 2.87 bits per heavy atom. The van der Waals surface area contributed by atoms with Gasteiger partial charge < -0.3 is 20.0 Å². The Bertz CT molecular complexity index is 1290. The minimum absolute atomic E-state index is 0.0307. The monoisotopic (exact) mass is 431 g/mol. The number of nitrogens with two attached hydrogens (primary N) is 1. The Labute approximate surface area is 174 Å². The number of piperidine rings is 1. The van der Waals surface area contributed by atoms with Crippen molar-refractivity contribution >= 4 is 44.1 Å². The standard InChI is InChI=1S/C20H22FN5O3S/c1-29-23-14-4-5-25(9-10(14)8-22)16-7-15-12(6-13(16)21)18(27)17-19(28)24-30-20(17)26(15)11-2-3-11/h6-7,10-11H,2-5,8-9,22H2,1H3,(H,24,28). The summed E-state index contributed by atoms with van der Waals surface area (Å²) in [7, 11) is 1.50. The summed E-state index contributed by atoms with van der Waals surface area (Å²) in [5.41, 5.74) is 7.07. The van der Waals surface area contributed by atoms with E-state index in [-0.39, 0.29) is 22.7 Å². The molecule has 3 aromatic rings. The van der Waals surface area contributed by atoms with Crippen molar-refractivity contribution in [3.05, 3.63) is 38.5 Å². The Balaban J connectivity index is 1.68. The van der Waals surface area contributed by atoms with Gasteiger partial charge in [0.1, 0.15) is 23.1 Å². The topological polar surface area (TPSA) is 106 Å². The van der Waals surface area contributed by atoms with Crippen molar-refractivity contribution in [2.24, 2.45) is 16.8 Å². The van der Waals surface area contributed by atoms with Crippen molar-refractivity contribution in [3.63, 3.8) is 0 Å². The van der Waals surface area contributed by atoms with Crippen LogP contribution in [0.25, 0.3) is 21.1 Å². The first-order valence-electron chi connectivity index (χ1n) is 9.97. The lowest BCUT2D eigenvalue weighted by molar-refractivity contribution is 0.209. The van der Waals surface area contributed by atoms with Crippen LogP contribution in [0.4, 0.5) is 10.1 Å². The summed E-state index contributed by atoms with van der Waals surface area (Å²) in [6.07, 6.45) is 2.57. The molecule has 1 aliphatic carbocycles. The van der Waals surface area contributed by atoms with E-state index < -0.39 is 16.8 Å². The van der Waals surface area contributed by atoms with Crippen LogP contribution in [-0.2, 0) is 4.84 Å². The fourth-order valence-electron chi connectivity index (χ4n) is 4.36. The molecule has 0 radical (unpaired) electrons. The van der Waals surface area contributed by atoms with Gasteiger partial charge in [0, 0.05) is 43.4 Å². The average Bonchev–Trinajstić information content (AvgIpc) is 3.50. The van der Waals surface area contributed by atoms with E-state index >= 15 is 4.39 Å². The van der Waals surface area contributed by atoms with Crippen LogP contribution >= 0.6 is 11.5 Å². The average molecular weight is 431 g/mol. The molecule has 30 heavy (non-hydrogen) atoms. The van der Waals surface area contributed by atoms with Gasteiger partial charge in [-0.25, -0.2) is 4.39 Å². The second-order valence-electron chi connectivity index (χ2n) is 7.86. The van der Waals surface area contributed by atoms with Gasteiger partial charge in [-0.05, 0) is 36.5 Å². The third-order valence-electron chi connectivity index (χ3n) is 5.99. The predicted octanol–water partition coefficient (Wildman–Crippen LogP) is 2.17. The lowest BCUT2D eigenvalue weighted by Crippen LogP contribution is -2.44. The number of halogens is 1. The van der Waals surface area contributed by atoms with E-state index in [0.717, 1.165) is 18.6 Å². The smallest absolute Gasteiger partial charge is 0.271 e. The second kappa shape index (κ2) is 7.21. The minimum Gasteiger partial charge on any atom is -0.399 e. The number of anilines is 1. The Morgan fingerprint density at radius 2 is 2.17 bits per heavy atom. The Morgan fingerprint density at radius 1 is 1.37 bits per heavy atom. The number of nitrogens with zero attached hydrogens (tertiary/aromatic N) is 3. The van der Waals surface area contributed by atoms with Gasteiger partial charge in [-0.1, -0.05) is 5.16 Å². The number of hydrogen-bond donors (Lipinski definition) is 2. The molecule has 0 amide bonds. The first-order chi connectivity index (χ1) is 14.5. The highest BCUT2D eigenvalue weighted by Crippen LogP contribution is 2.41. The van der Waals surface area contributed by atoms with Gasteiger partial charge >= 0.3 is 0 Å². The summed E-state index contributed by atoms with van der Waals surface area (Å²) in [6, 6.07) is 3.25. The minimum atomic E-state index is -0.476. The van der Waals surface area contributed by atoms with Crippen LogP contribution in [0.5, 0.6) is 0 Å². The molecule has 10 heteroatoms. The van der Waals surface area contributed by atoms with E-state index in [9.17, 15) is 9.59 Å². The van der Waals surface area contributed by atoms with Gasteiger partial charge in [-0.3, -0.25) is 14.0 Å². The van der Waals surface area contributed by atoms with Crippen LogP contribution in [0.2, 0.25) is 0 Å². The number of aromatic amines is 1. The summed E-state index contributed by atoms with van der Waals surface area (Å²) in [5, 5.41) is 4.43. The van der Waals surface area contributed by atoms with E-state index in [1.807, 2.05) is 9.47 Å². The zero-order chi connectivity index (χ0) is 21.0. The fourth-order valence-corrected chi connectivity index (χ4v) is 5.29. The normalized spacial score (nSPS) is 21.1. The number of hydrogen-bond acceptors (Lipinski definition) is 7. The van der Waals surface area contributed by atoms with Crippen LogP contribution in [0.15, 0.2) is 26.9 Å². The van der Waals surface area contributed by atoms with Gasteiger partial charge in [-0.15, -0.1) is 0 Å². The molecular formula is C20H22FN5O3S. The quantitative estimate of drug-likeness (QED) is 0.616. The van der Waals surface area contributed by atoms with E-state index in [4.69, 9.17) is 10.6 Å². The summed E-state index contributed by atoms with van der Waals surface area (Å²) < 4.78 is 19.9. The molecule has 3 N–H and O–H groups in total. The molecule has 1 aliphatic heterocycles. The van der Waals surface area contributed by atoms with Gasteiger partial charge in [0.05, 0.1) is 16.9 Å². The van der Waals surface area contributed by atoms with Crippen molar-refractivity contribution in [1.29, 1.82) is 0 Å². The van der Waals surface area contributed by atoms with Gasteiger partial charge in [0.15, 0.2) is 0 Å². The van der Waals surface area contributed by atoms with Crippen LogP contribution in [0, 0.1) is 11.7 Å². The highest BCUT2D eigenvalue weighted by Gasteiger charge is 2.31. The number of pyridine rings is 1.